The highest BCUT2D eigenvalue weighted by Gasteiger charge is 2.25. The van der Waals surface area contributed by atoms with Gasteiger partial charge in [0.25, 0.3) is 0 Å². The number of hydrogen-bond donors (Lipinski definition) is 2. The molecule has 1 rings (SSSR count). The second kappa shape index (κ2) is 3.94. The van der Waals surface area contributed by atoms with Crippen molar-refractivity contribution >= 4 is 0 Å². The van der Waals surface area contributed by atoms with Gasteiger partial charge in [-0.15, -0.1) is 0 Å². The average molecular weight is 199 g/mol. The summed E-state index contributed by atoms with van der Waals surface area (Å²) in [5.74, 6) is 3.99. The van der Waals surface area contributed by atoms with Crippen molar-refractivity contribution in [2.75, 3.05) is 6.61 Å². The second-order valence-electron chi connectivity index (χ2n) is 3.83. The zero-order valence-corrected chi connectivity index (χ0v) is 8.25. The molecule has 0 aliphatic heterocycles. The van der Waals surface area contributed by atoms with E-state index in [2.05, 4.69) is 4.84 Å². The van der Waals surface area contributed by atoms with E-state index in [4.69, 9.17) is 5.90 Å². The molecule has 0 fully saturated rings. The third-order valence-electron chi connectivity index (χ3n) is 2.16. The molecule has 0 aromatic heterocycles. The van der Waals surface area contributed by atoms with Gasteiger partial charge in [0, 0.05) is 11.0 Å². The summed E-state index contributed by atoms with van der Waals surface area (Å²) in [4.78, 5) is 4.52. The van der Waals surface area contributed by atoms with Crippen molar-refractivity contribution in [3.63, 3.8) is 0 Å². The molecule has 1 aromatic rings. The smallest absolute Gasteiger partial charge is 0.165 e. The highest BCUT2D eigenvalue weighted by Crippen LogP contribution is 2.32. The van der Waals surface area contributed by atoms with Gasteiger partial charge in [0.2, 0.25) is 0 Å². The minimum atomic E-state index is -0.632. The Kier molecular flexibility index (Phi) is 3.08. The van der Waals surface area contributed by atoms with Gasteiger partial charge in [0.15, 0.2) is 11.6 Å². The van der Waals surface area contributed by atoms with E-state index in [1.165, 1.54) is 6.07 Å². The van der Waals surface area contributed by atoms with Crippen molar-refractivity contribution in [2.45, 2.75) is 19.3 Å². The van der Waals surface area contributed by atoms with Gasteiger partial charge in [-0.1, -0.05) is 26.0 Å². The molecule has 0 radical (unpaired) electrons. The zero-order chi connectivity index (χ0) is 10.8. The first-order valence-electron chi connectivity index (χ1n) is 4.28. The number of hydrogen-bond acceptors (Lipinski definition) is 3. The van der Waals surface area contributed by atoms with Crippen LogP contribution in [0.25, 0.3) is 0 Å². The average Bonchev–Trinajstić information content (AvgIpc) is 2.09. The summed E-state index contributed by atoms with van der Waals surface area (Å²) < 4.78 is 13.0. The summed E-state index contributed by atoms with van der Waals surface area (Å²) in [6.07, 6.45) is 0. The summed E-state index contributed by atoms with van der Waals surface area (Å²) in [6.45, 7) is 3.84. The van der Waals surface area contributed by atoms with Crippen molar-refractivity contribution < 1.29 is 14.3 Å². The van der Waals surface area contributed by atoms with Crippen LogP contribution in [-0.2, 0) is 10.3 Å². The molecule has 0 saturated heterocycles. The first-order valence-corrected chi connectivity index (χ1v) is 4.28. The molecule has 0 unspecified atom stereocenters. The van der Waals surface area contributed by atoms with Crippen LogP contribution in [0.2, 0.25) is 0 Å². The predicted octanol–water partition coefficient (Wildman–Crippen LogP) is 1.70. The Balaban J connectivity index is 3.12. The van der Waals surface area contributed by atoms with Crippen molar-refractivity contribution in [2.24, 2.45) is 5.90 Å². The van der Waals surface area contributed by atoms with Crippen molar-refractivity contribution in [1.29, 1.82) is 0 Å². The maximum atomic E-state index is 13.0. The van der Waals surface area contributed by atoms with E-state index < -0.39 is 11.2 Å². The highest BCUT2D eigenvalue weighted by atomic mass is 19.1. The van der Waals surface area contributed by atoms with E-state index in [1.807, 2.05) is 13.8 Å². The van der Waals surface area contributed by atoms with Gasteiger partial charge in [0.05, 0.1) is 6.61 Å². The molecule has 4 heteroatoms. The van der Waals surface area contributed by atoms with Gasteiger partial charge in [-0.2, -0.15) is 0 Å². The van der Waals surface area contributed by atoms with Gasteiger partial charge in [-0.25, -0.2) is 10.3 Å². The summed E-state index contributed by atoms with van der Waals surface area (Å²) >= 11 is 0. The minimum Gasteiger partial charge on any atom is -0.505 e. The molecule has 14 heavy (non-hydrogen) atoms. The van der Waals surface area contributed by atoms with E-state index in [0.29, 0.717) is 5.56 Å². The third-order valence-corrected chi connectivity index (χ3v) is 2.16. The molecule has 0 saturated carbocycles. The van der Waals surface area contributed by atoms with E-state index >= 15 is 0 Å². The Morgan fingerprint density at radius 2 is 2.14 bits per heavy atom. The second-order valence-corrected chi connectivity index (χ2v) is 3.83. The Morgan fingerprint density at radius 1 is 1.50 bits per heavy atom. The SMILES string of the molecule is CC(C)(CON)c1cccc(F)c1O. The lowest BCUT2D eigenvalue weighted by atomic mass is 9.85. The fraction of sp³-hybridized carbons (Fsp3) is 0.400. The van der Waals surface area contributed by atoms with Crippen LogP contribution in [0.5, 0.6) is 5.75 Å². The Morgan fingerprint density at radius 3 is 2.71 bits per heavy atom. The summed E-state index contributed by atoms with van der Waals surface area (Å²) in [6, 6.07) is 4.40. The number of phenolic OH excluding ortho intramolecular Hbond substituents is 1. The molecule has 0 spiro atoms. The fourth-order valence-electron chi connectivity index (χ4n) is 1.35. The van der Waals surface area contributed by atoms with Gasteiger partial charge in [0.1, 0.15) is 0 Å². The van der Waals surface area contributed by atoms with Crippen LogP contribution in [0, 0.1) is 5.82 Å². The van der Waals surface area contributed by atoms with Crippen LogP contribution in [0.1, 0.15) is 19.4 Å². The molecule has 0 amide bonds. The maximum Gasteiger partial charge on any atom is 0.165 e. The predicted molar refractivity (Wildman–Crippen MR) is 51.2 cm³/mol. The van der Waals surface area contributed by atoms with Crippen LogP contribution in [-0.4, -0.2) is 11.7 Å². The van der Waals surface area contributed by atoms with Crippen molar-refractivity contribution in [1.82, 2.24) is 0 Å². The highest BCUT2D eigenvalue weighted by molar-refractivity contribution is 5.38. The minimum absolute atomic E-state index is 0.212. The molecule has 0 heterocycles. The molecule has 3 N–H and O–H groups in total. The van der Waals surface area contributed by atoms with Crippen molar-refractivity contribution in [3.8, 4) is 5.75 Å². The van der Waals surface area contributed by atoms with Crippen LogP contribution in [0.3, 0.4) is 0 Å². The van der Waals surface area contributed by atoms with Crippen molar-refractivity contribution in [3.05, 3.63) is 29.6 Å². The number of benzene rings is 1. The van der Waals surface area contributed by atoms with E-state index in [1.54, 1.807) is 12.1 Å². The Labute approximate surface area is 82.3 Å². The van der Waals surface area contributed by atoms with E-state index in [-0.39, 0.29) is 12.4 Å². The molecule has 1 aromatic carbocycles. The summed E-state index contributed by atoms with van der Waals surface area (Å²) in [5.41, 5.74) is -0.0241. The number of para-hydroxylation sites is 1. The lowest BCUT2D eigenvalue weighted by Crippen LogP contribution is -2.26. The Hall–Kier alpha value is -1.13. The number of rotatable bonds is 3. The first-order chi connectivity index (χ1) is 6.49. The molecule has 0 aliphatic carbocycles. The van der Waals surface area contributed by atoms with Gasteiger partial charge < -0.3 is 9.94 Å². The molecule has 0 aliphatic rings. The molecule has 3 nitrogen and oxygen atoms in total. The van der Waals surface area contributed by atoms with Crippen LogP contribution >= 0.6 is 0 Å². The molecule has 78 valence electrons. The first kappa shape index (κ1) is 10.9. The monoisotopic (exact) mass is 199 g/mol. The van der Waals surface area contributed by atoms with E-state index in [9.17, 15) is 9.50 Å². The number of halogens is 1. The number of nitrogens with two attached hydrogens (primary N) is 1. The number of phenols is 1. The van der Waals surface area contributed by atoms with E-state index in [0.717, 1.165) is 0 Å². The molecule has 0 atom stereocenters. The Bertz CT molecular complexity index is 326. The van der Waals surface area contributed by atoms with Gasteiger partial charge in [-0.05, 0) is 6.07 Å². The normalized spacial score (nSPS) is 11.7. The topological polar surface area (TPSA) is 55.5 Å². The summed E-state index contributed by atoms with van der Waals surface area (Å²) in [7, 11) is 0. The van der Waals surface area contributed by atoms with Crippen LogP contribution < -0.4 is 5.90 Å². The third kappa shape index (κ3) is 2.02. The molecule has 0 bridgehead atoms. The van der Waals surface area contributed by atoms with Crippen LogP contribution in [0.4, 0.5) is 4.39 Å². The van der Waals surface area contributed by atoms with Gasteiger partial charge >= 0.3 is 0 Å². The lowest BCUT2D eigenvalue weighted by Gasteiger charge is -2.24. The zero-order valence-electron chi connectivity index (χ0n) is 8.25. The lowest BCUT2D eigenvalue weighted by molar-refractivity contribution is 0.0952. The molecular weight excluding hydrogens is 185 g/mol. The standard InChI is InChI=1S/C10H14FNO2/c1-10(2,6-14-12)7-4-3-5-8(11)9(7)13/h3-5,13H,6,12H2,1-2H3. The van der Waals surface area contributed by atoms with Crippen LogP contribution in [0.15, 0.2) is 18.2 Å². The van der Waals surface area contributed by atoms with Gasteiger partial charge in [-0.3, -0.25) is 0 Å². The fourth-order valence-corrected chi connectivity index (χ4v) is 1.35. The quantitative estimate of drug-likeness (QED) is 0.728. The summed E-state index contributed by atoms with van der Waals surface area (Å²) in [5, 5.41) is 9.49. The maximum absolute atomic E-state index is 13.0. The largest absolute Gasteiger partial charge is 0.505 e. The number of aromatic hydroxyl groups is 1. The molecular formula is C10H14FNO2.